The first-order valence-corrected chi connectivity index (χ1v) is 9.37. The summed E-state index contributed by atoms with van der Waals surface area (Å²) in [6, 6.07) is 7.92. The number of piperazine rings is 1. The molecule has 3 rings (SSSR count). The van der Waals surface area contributed by atoms with Gasteiger partial charge in [-0.15, -0.1) is 0 Å². The molecule has 142 valence electrons. The van der Waals surface area contributed by atoms with Gasteiger partial charge in [-0.3, -0.25) is 9.69 Å². The molecule has 2 amide bonds. The molecule has 6 heteroatoms. The van der Waals surface area contributed by atoms with Crippen LogP contribution in [-0.2, 0) is 16.0 Å². The van der Waals surface area contributed by atoms with Crippen molar-refractivity contribution in [1.82, 2.24) is 9.80 Å². The molecule has 1 aromatic carbocycles. The number of hydrogen-bond donors (Lipinski definition) is 0. The fourth-order valence-corrected chi connectivity index (χ4v) is 3.57. The molecule has 1 fully saturated rings. The summed E-state index contributed by atoms with van der Waals surface area (Å²) in [6.45, 7) is 10.9. The molecular weight excluding hydrogens is 330 g/mol. The number of nitrogens with zero attached hydrogens (tertiary/aromatic N) is 3. The van der Waals surface area contributed by atoms with E-state index in [0.717, 1.165) is 18.7 Å². The monoisotopic (exact) mass is 359 g/mol. The van der Waals surface area contributed by atoms with Crippen LogP contribution in [0.1, 0.15) is 33.3 Å². The van der Waals surface area contributed by atoms with Crippen molar-refractivity contribution in [2.24, 2.45) is 0 Å². The molecule has 0 aliphatic carbocycles. The summed E-state index contributed by atoms with van der Waals surface area (Å²) in [6.07, 6.45) is 0.644. The van der Waals surface area contributed by atoms with Crippen LogP contribution in [0.3, 0.4) is 0 Å². The van der Waals surface area contributed by atoms with Crippen LogP contribution in [-0.4, -0.2) is 66.2 Å². The number of carbonyl (C=O) groups excluding carboxylic acids is 2. The summed E-state index contributed by atoms with van der Waals surface area (Å²) in [5.74, 6) is 0.140. The highest BCUT2D eigenvalue weighted by atomic mass is 16.6. The minimum atomic E-state index is -0.485. The number of anilines is 1. The average molecular weight is 359 g/mol. The zero-order chi connectivity index (χ0) is 18.9. The van der Waals surface area contributed by atoms with Crippen LogP contribution in [0.15, 0.2) is 24.3 Å². The summed E-state index contributed by atoms with van der Waals surface area (Å²) in [7, 11) is 0. The predicted octanol–water partition coefficient (Wildman–Crippen LogP) is 2.52. The van der Waals surface area contributed by atoms with Gasteiger partial charge in [0.2, 0.25) is 5.91 Å². The number of rotatable bonds is 2. The summed E-state index contributed by atoms with van der Waals surface area (Å²) in [5.41, 5.74) is 1.79. The van der Waals surface area contributed by atoms with Gasteiger partial charge in [-0.2, -0.15) is 0 Å². The Hall–Kier alpha value is -2.08. The third-order valence-corrected chi connectivity index (χ3v) is 5.02. The van der Waals surface area contributed by atoms with E-state index in [1.165, 1.54) is 5.56 Å². The van der Waals surface area contributed by atoms with Gasteiger partial charge in [0, 0.05) is 38.4 Å². The van der Waals surface area contributed by atoms with Gasteiger partial charge in [0.1, 0.15) is 5.60 Å². The van der Waals surface area contributed by atoms with Crippen LogP contribution in [0, 0.1) is 0 Å². The first kappa shape index (κ1) is 18.7. The number of carbonyl (C=O) groups is 2. The Labute approximate surface area is 155 Å². The van der Waals surface area contributed by atoms with Crippen LogP contribution < -0.4 is 4.90 Å². The highest BCUT2D eigenvalue weighted by Gasteiger charge is 2.33. The number of hydrogen-bond acceptors (Lipinski definition) is 4. The number of para-hydroxylation sites is 1. The maximum absolute atomic E-state index is 13.0. The highest BCUT2D eigenvalue weighted by molar-refractivity contribution is 5.98. The Balaban J connectivity index is 1.56. The lowest BCUT2D eigenvalue weighted by Crippen LogP contribution is -2.56. The van der Waals surface area contributed by atoms with E-state index in [0.29, 0.717) is 26.2 Å². The van der Waals surface area contributed by atoms with Crippen molar-refractivity contribution in [2.45, 2.75) is 45.8 Å². The molecule has 0 saturated carbocycles. The van der Waals surface area contributed by atoms with Gasteiger partial charge in [0.15, 0.2) is 0 Å². The number of amides is 2. The molecule has 6 nitrogen and oxygen atoms in total. The number of fused-ring (bicyclic) bond motifs is 1. The van der Waals surface area contributed by atoms with E-state index in [1.807, 2.05) is 50.8 Å². The summed E-state index contributed by atoms with van der Waals surface area (Å²) >= 11 is 0. The van der Waals surface area contributed by atoms with E-state index in [1.54, 1.807) is 4.90 Å². The SMILES string of the molecule is CC(C(=O)N1CCc2ccccc21)N1CCN(C(=O)OC(C)(C)C)CC1. The maximum Gasteiger partial charge on any atom is 0.410 e. The normalized spacial score (nSPS) is 19.2. The number of benzene rings is 1. The van der Waals surface area contributed by atoms with Gasteiger partial charge in [-0.25, -0.2) is 4.79 Å². The van der Waals surface area contributed by atoms with Crippen LogP contribution >= 0.6 is 0 Å². The zero-order valence-corrected chi connectivity index (χ0v) is 16.2. The molecule has 1 aromatic rings. The Morgan fingerprint density at radius 3 is 2.35 bits per heavy atom. The van der Waals surface area contributed by atoms with Gasteiger partial charge in [0.05, 0.1) is 6.04 Å². The molecule has 0 N–H and O–H groups in total. The van der Waals surface area contributed by atoms with Crippen LogP contribution in [0.4, 0.5) is 10.5 Å². The summed E-state index contributed by atoms with van der Waals surface area (Å²) in [5, 5.41) is 0. The Morgan fingerprint density at radius 1 is 1.04 bits per heavy atom. The Bertz CT molecular complexity index is 675. The molecule has 1 saturated heterocycles. The molecule has 0 spiro atoms. The lowest BCUT2D eigenvalue weighted by molar-refractivity contribution is -0.123. The second-order valence-electron chi connectivity index (χ2n) is 8.05. The first-order valence-electron chi connectivity index (χ1n) is 9.37. The van der Waals surface area contributed by atoms with Crippen LogP contribution in [0.25, 0.3) is 0 Å². The van der Waals surface area contributed by atoms with Gasteiger partial charge in [-0.1, -0.05) is 18.2 Å². The molecule has 2 heterocycles. The minimum Gasteiger partial charge on any atom is -0.444 e. The Kier molecular flexibility index (Phi) is 5.23. The molecule has 0 aromatic heterocycles. The predicted molar refractivity (Wildman–Crippen MR) is 101 cm³/mol. The lowest BCUT2D eigenvalue weighted by Gasteiger charge is -2.38. The first-order chi connectivity index (χ1) is 12.3. The van der Waals surface area contributed by atoms with Gasteiger partial charge in [0.25, 0.3) is 0 Å². The van der Waals surface area contributed by atoms with Crippen molar-refractivity contribution in [1.29, 1.82) is 0 Å². The summed E-state index contributed by atoms with van der Waals surface area (Å²) < 4.78 is 5.43. The van der Waals surface area contributed by atoms with E-state index in [2.05, 4.69) is 11.0 Å². The fraction of sp³-hybridized carbons (Fsp3) is 0.600. The lowest BCUT2D eigenvalue weighted by atomic mass is 10.1. The molecule has 1 atom stereocenters. The van der Waals surface area contributed by atoms with Gasteiger partial charge < -0.3 is 14.5 Å². The third kappa shape index (κ3) is 4.01. The second kappa shape index (κ2) is 7.27. The van der Waals surface area contributed by atoms with Crippen LogP contribution in [0.2, 0.25) is 0 Å². The quantitative estimate of drug-likeness (QED) is 0.814. The van der Waals surface area contributed by atoms with Crippen LogP contribution in [0.5, 0.6) is 0 Å². The number of ether oxygens (including phenoxy) is 1. The maximum atomic E-state index is 13.0. The average Bonchev–Trinajstić information content (AvgIpc) is 3.03. The smallest absolute Gasteiger partial charge is 0.410 e. The van der Waals surface area contributed by atoms with E-state index in [-0.39, 0.29) is 18.0 Å². The molecule has 0 radical (unpaired) electrons. The van der Waals surface area contributed by atoms with E-state index >= 15 is 0 Å². The zero-order valence-electron chi connectivity index (χ0n) is 16.2. The van der Waals surface area contributed by atoms with E-state index < -0.39 is 5.60 Å². The minimum absolute atomic E-state index is 0.140. The largest absolute Gasteiger partial charge is 0.444 e. The van der Waals surface area contributed by atoms with E-state index in [9.17, 15) is 9.59 Å². The fourth-order valence-electron chi connectivity index (χ4n) is 3.57. The van der Waals surface area contributed by atoms with Gasteiger partial charge in [-0.05, 0) is 45.7 Å². The molecular formula is C20H29N3O3. The van der Waals surface area contributed by atoms with E-state index in [4.69, 9.17) is 4.74 Å². The summed E-state index contributed by atoms with van der Waals surface area (Å²) in [4.78, 5) is 31.0. The van der Waals surface area contributed by atoms with Crippen molar-refractivity contribution in [3.05, 3.63) is 29.8 Å². The standard InChI is InChI=1S/C20H29N3O3/c1-15(18(24)23-10-9-16-7-5-6-8-17(16)23)21-11-13-22(14-12-21)19(25)26-20(2,3)4/h5-8,15H,9-14H2,1-4H3. The topological polar surface area (TPSA) is 53.1 Å². The molecule has 2 aliphatic heterocycles. The van der Waals surface area contributed by atoms with Crippen molar-refractivity contribution in [2.75, 3.05) is 37.6 Å². The third-order valence-electron chi connectivity index (χ3n) is 5.02. The molecule has 2 aliphatic rings. The van der Waals surface area contributed by atoms with Crippen molar-refractivity contribution >= 4 is 17.7 Å². The molecule has 1 unspecified atom stereocenters. The molecule has 26 heavy (non-hydrogen) atoms. The van der Waals surface area contributed by atoms with Crippen molar-refractivity contribution in [3.8, 4) is 0 Å². The molecule has 0 bridgehead atoms. The Morgan fingerprint density at radius 2 is 1.69 bits per heavy atom. The second-order valence-corrected chi connectivity index (χ2v) is 8.05. The van der Waals surface area contributed by atoms with Gasteiger partial charge >= 0.3 is 6.09 Å². The highest BCUT2D eigenvalue weighted by Crippen LogP contribution is 2.28. The van der Waals surface area contributed by atoms with Crippen molar-refractivity contribution < 1.29 is 14.3 Å². The van der Waals surface area contributed by atoms with Crippen molar-refractivity contribution in [3.63, 3.8) is 0 Å².